The fourth-order valence-corrected chi connectivity index (χ4v) is 0.827. The van der Waals surface area contributed by atoms with Gasteiger partial charge in [-0.2, -0.15) is 0 Å². The zero-order chi connectivity index (χ0) is 6.85. The average Bonchev–Trinajstić information content (AvgIpc) is 1.83. The summed E-state index contributed by atoms with van der Waals surface area (Å²) in [5.74, 6) is 0. The van der Waals surface area contributed by atoms with Gasteiger partial charge >= 0.3 is 0 Å². The van der Waals surface area contributed by atoms with Gasteiger partial charge in [0.15, 0.2) is 0 Å². The number of nitrogens with two attached hydrogens (primary N) is 1. The van der Waals surface area contributed by atoms with Crippen LogP contribution in [0.3, 0.4) is 0 Å². The van der Waals surface area contributed by atoms with Gasteiger partial charge in [0.2, 0.25) is 0 Å². The molecule has 0 saturated carbocycles. The molecule has 0 heterocycles. The molecule has 0 bridgehead atoms. The van der Waals surface area contributed by atoms with Crippen LogP contribution in [0, 0.1) is 6.92 Å². The standard InChI is InChI=1S/C7H10BN/c1-5-3-2-4-6(8)7(5)9/h2-4H,8-9H2,1H3. The molecular formula is C7H10BN. The molecule has 0 unspecified atom stereocenters. The van der Waals surface area contributed by atoms with E-state index in [2.05, 4.69) is 0 Å². The van der Waals surface area contributed by atoms with Crippen LogP contribution < -0.4 is 11.2 Å². The van der Waals surface area contributed by atoms with Gasteiger partial charge in [-0.3, -0.25) is 0 Å². The zero-order valence-corrected chi connectivity index (χ0v) is 5.81. The first kappa shape index (κ1) is 6.21. The lowest BCUT2D eigenvalue weighted by molar-refractivity contribution is 1.49. The zero-order valence-electron chi connectivity index (χ0n) is 5.81. The van der Waals surface area contributed by atoms with Crippen LogP contribution in [0.4, 0.5) is 5.69 Å². The summed E-state index contributed by atoms with van der Waals surface area (Å²) in [6, 6.07) is 6.05. The van der Waals surface area contributed by atoms with Crippen LogP contribution in [0.5, 0.6) is 0 Å². The monoisotopic (exact) mass is 119 g/mol. The molecule has 0 radical (unpaired) electrons. The Kier molecular flexibility index (Phi) is 1.47. The van der Waals surface area contributed by atoms with Crippen molar-refractivity contribution in [1.29, 1.82) is 0 Å². The van der Waals surface area contributed by atoms with E-state index in [9.17, 15) is 0 Å². The molecule has 1 aromatic carbocycles. The quantitative estimate of drug-likeness (QED) is 0.372. The van der Waals surface area contributed by atoms with Gasteiger partial charge in [-0.1, -0.05) is 23.7 Å². The highest BCUT2D eigenvalue weighted by Crippen LogP contribution is 2.03. The highest BCUT2D eigenvalue weighted by atomic mass is 14.6. The van der Waals surface area contributed by atoms with E-state index in [0.717, 1.165) is 16.7 Å². The van der Waals surface area contributed by atoms with E-state index in [1.807, 2.05) is 33.0 Å². The van der Waals surface area contributed by atoms with E-state index >= 15 is 0 Å². The normalized spacial score (nSPS) is 9.44. The van der Waals surface area contributed by atoms with Crippen molar-refractivity contribution in [3.63, 3.8) is 0 Å². The van der Waals surface area contributed by atoms with E-state index < -0.39 is 0 Å². The van der Waals surface area contributed by atoms with Crippen LogP contribution in [0.1, 0.15) is 5.56 Å². The first-order valence-electron chi connectivity index (χ1n) is 3.03. The second kappa shape index (κ2) is 2.13. The highest BCUT2D eigenvalue weighted by molar-refractivity contribution is 6.35. The SMILES string of the molecule is Bc1cccc(C)c1N. The molecule has 1 nitrogen and oxygen atoms in total. The van der Waals surface area contributed by atoms with Crippen molar-refractivity contribution in [2.24, 2.45) is 0 Å². The minimum atomic E-state index is 0.914. The molecule has 1 aromatic rings. The van der Waals surface area contributed by atoms with Crippen molar-refractivity contribution in [3.05, 3.63) is 23.8 Å². The van der Waals surface area contributed by atoms with Crippen LogP contribution in [-0.2, 0) is 0 Å². The van der Waals surface area contributed by atoms with E-state index in [4.69, 9.17) is 5.73 Å². The third kappa shape index (κ3) is 1.07. The molecular weight excluding hydrogens is 109 g/mol. The Morgan fingerprint density at radius 1 is 1.44 bits per heavy atom. The lowest BCUT2D eigenvalue weighted by atomic mass is 9.92. The summed E-state index contributed by atoms with van der Waals surface area (Å²) >= 11 is 0. The average molecular weight is 119 g/mol. The molecule has 2 N–H and O–H groups in total. The van der Waals surface area contributed by atoms with Gasteiger partial charge in [0, 0.05) is 5.69 Å². The van der Waals surface area contributed by atoms with Gasteiger partial charge in [-0.15, -0.1) is 0 Å². The van der Waals surface area contributed by atoms with E-state index in [1.54, 1.807) is 0 Å². The van der Waals surface area contributed by atoms with Gasteiger partial charge in [0.1, 0.15) is 7.85 Å². The number of hydrogen-bond donors (Lipinski definition) is 1. The molecule has 0 aromatic heterocycles. The maximum atomic E-state index is 5.68. The highest BCUT2D eigenvalue weighted by Gasteiger charge is 1.92. The van der Waals surface area contributed by atoms with Gasteiger partial charge in [-0.25, -0.2) is 0 Å². The first-order chi connectivity index (χ1) is 4.22. The molecule has 1 rings (SSSR count). The van der Waals surface area contributed by atoms with Crippen LogP contribution in [-0.4, -0.2) is 7.85 Å². The number of hydrogen-bond acceptors (Lipinski definition) is 1. The Balaban J connectivity index is 3.25. The minimum Gasteiger partial charge on any atom is -0.399 e. The van der Waals surface area contributed by atoms with Crippen LogP contribution >= 0.6 is 0 Å². The number of anilines is 1. The van der Waals surface area contributed by atoms with E-state index in [0.29, 0.717) is 0 Å². The van der Waals surface area contributed by atoms with Crippen molar-refractivity contribution in [3.8, 4) is 0 Å². The summed E-state index contributed by atoms with van der Waals surface area (Å²) in [5.41, 5.74) is 8.92. The molecule has 9 heavy (non-hydrogen) atoms. The molecule has 46 valence electrons. The Morgan fingerprint density at radius 2 is 2.11 bits per heavy atom. The molecule has 0 amide bonds. The predicted octanol–water partition coefficient (Wildman–Crippen LogP) is -0.164. The molecule has 0 aliphatic heterocycles. The molecule has 0 aliphatic carbocycles. The Labute approximate surface area is 56.3 Å². The predicted molar refractivity (Wildman–Crippen MR) is 43.8 cm³/mol. The first-order valence-corrected chi connectivity index (χ1v) is 3.03. The second-order valence-corrected chi connectivity index (χ2v) is 2.31. The van der Waals surface area contributed by atoms with Crippen molar-refractivity contribution < 1.29 is 0 Å². The van der Waals surface area contributed by atoms with Gasteiger partial charge in [-0.05, 0) is 12.5 Å². The summed E-state index contributed by atoms with van der Waals surface area (Å²) in [6.45, 7) is 2.02. The third-order valence-corrected chi connectivity index (χ3v) is 1.54. The van der Waals surface area contributed by atoms with Crippen LogP contribution in [0.2, 0.25) is 0 Å². The van der Waals surface area contributed by atoms with Crippen LogP contribution in [0.15, 0.2) is 18.2 Å². The van der Waals surface area contributed by atoms with Crippen molar-refractivity contribution in [2.75, 3.05) is 5.73 Å². The van der Waals surface area contributed by atoms with Crippen LogP contribution in [0.25, 0.3) is 0 Å². The summed E-state index contributed by atoms with van der Waals surface area (Å²) in [7, 11) is 2.02. The summed E-state index contributed by atoms with van der Waals surface area (Å²) in [4.78, 5) is 0. The summed E-state index contributed by atoms with van der Waals surface area (Å²) < 4.78 is 0. The summed E-state index contributed by atoms with van der Waals surface area (Å²) in [6.07, 6.45) is 0. The lowest BCUT2D eigenvalue weighted by Crippen LogP contribution is -2.10. The van der Waals surface area contributed by atoms with E-state index in [1.165, 1.54) is 0 Å². The molecule has 2 heteroatoms. The minimum absolute atomic E-state index is 0.914. The largest absolute Gasteiger partial charge is 0.399 e. The number of rotatable bonds is 0. The van der Waals surface area contributed by atoms with Crippen molar-refractivity contribution >= 4 is 19.0 Å². The van der Waals surface area contributed by atoms with Gasteiger partial charge in [0.05, 0.1) is 0 Å². The molecule has 0 spiro atoms. The fraction of sp³-hybridized carbons (Fsp3) is 0.143. The fourth-order valence-electron chi connectivity index (χ4n) is 0.827. The lowest BCUT2D eigenvalue weighted by Gasteiger charge is -2.01. The topological polar surface area (TPSA) is 26.0 Å². The Bertz CT molecular complexity index is 200. The second-order valence-electron chi connectivity index (χ2n) is 2.31. The maximum absolute atomic E-state index is 5.68. The summed E-state index contributed by atoms with van der Waals surface area (Å²) in [5, 5.41) is 0. The third-order valence-electron chi connectivity index (χ3n) is 1.54. The van der Waals surface area contributed by atoms with Gasteiger partial charge in [0.25, 0.3) is 0 Å². The smallest absolute Gasteiger partial charge is 0.142 e. The number of nitrogen functional groups attached to an aromatic ring is 1. The van der Waals surface area contributed by atoms with Gasteiger partial charge < -0.3 is 5.73 Å². The molecule has 0 fully saturated rings. The maximum Gasteiger partial charge on any atom is 0.142 e. The van der Waals surface area contributed by atoms with E-state index in [-0.39, 0.29) is 0 Å². The number of aryl methyl sites for hydroxylation is 1. The molecule has 0 aliphatic rings. The Morgan fingerprint density at radius 3 is 2.56 bits per heavy atom. The number of benzene rings is 1. The number of para-hydroxylation sites is 1. The molecule has 0 atom stereocenters. The Hall–Kier alpha value is -0.915. The van der Waals surface area contributed by atoms with Crippen molar-refractivity contribution in [2.45, 2.75) is 6.92 Å². The van der Waals surface area contributed by atoms with Crippen molar-refractivity contribution in [1.82, 2.24) is 0 Å². The molecule has 0 saturated heterocycles.